The van der Waals surface area contributed by atoms with E-state index in [9.17, 15) is 4.79 Å². The minimum atomic E-state index is 0.0638. The van der Waals surface area contributed by atoms with E-state index in [1.165, 1.54) is 11.1 Å². The van der Waals surface area contributed by atoms with Gasteiger partial charge in [-0.1, -0.05) is 18.2 Å². The van der Waals surface area contributed by atoms with Gasteiger partial charge in [-0.15, -0.1) is 0 Å². The maximum Gasteiger partial charge on any atom is 0.224 e. The van der Waals surface area contributed by atoms with Crippen LogP contribution >= 0.6 is 0 Å². The molecule has 0 spiro atoms. The highest BCUT2D eigenvalue weighted by atomic mass is 16.1. The molecular formula is C14H22N2O. The second-order valence-corrected chi connectivity index (χ2v) is 4.71. The van der Waals surface area contributed by atoms with Crippen LogP contribution in [0.15, 0.2) is 18.2 Å². The molecule has 0 aliphatic carbocycles. The van der Waals surface area contributed by atoms with Crippen molar-refractivity contribution in [1.29, 1.82) is 0 Å². The summed E-state index contributed by atoms with van der Waals surface area (Å²) < 4.78 is 0. The molecule has 0 aliphatic heterocycles. The van der Waals surface area contributed by atoms with Crippen molar-refractivity contribution >= 4 is 5.91 Å². The van der Waals surface area contributed by atoms with Crippen molar-refractivity contribution in [2.45, 2.75) is 39.7 Å². The zero-order valence-electron chi connectivity index (χ0n) is 10.9. The Balaban J connectivity index is 2.42. The zero-order valence-corrected chi connectivity index (χ0v) is 10.9. The van der Waals surface area contributed by atoms with Crippen LogP contribution in [-0.2, 0) is 11.2 Å². The van der Waals surface area contributed by atoms with Crippen molar-refractivity contribution in [2.75, 3.05) is 6.54 Å². The number of hydrogen-bond acceptors (Lipinski definition) is 2. The number of hydrogen-bond donors (Lipinski definition) is 2. The highest BCUT2D eigenvalue weighted by molar-refractivity contribution is 5.78. The molecule has 0 saturated heterocycles. The van der Waals surface area contributed by atoms with E-state index in [-0.39, 0.29) is 11.9 Å². The van der Waals surface area contributed by atoms with E-state index in [0.717, 1.165) is 12.0 Å². The van der Waals surface area contributed by atoms with Crippen molar-refractivity contribution in [1.82, 2.24) is 5.32 Å². The summed E-state index contributed by atoms with van der Waals surface area (Å²) in [5, 5.41) is 2.88. The Labute approximate surface area is 103 Å². The van der Waals surface area contributed by atoms with Crippen molar-refractivity contribution in [3.8, 4) is 0 Å². The molecule has 3 nitrogen and oxygen atoms in total. The SMILES string of the molecule is Cc1ccc(CC(=O)NCCC(C)N)cc1C. The van der Waals surface area contributed by atoms with E-state index in [1.54, 1.807) is 0 Å². The lowest BCUT2D eigenvalue weighted by atomic mass is 10.0. The monoisotopic (exact) mass is 234 g/mol. The smallest absolute Gasteiger partial charge is 0.224 e. The molecule has 3 N–H and O–H groups in total. The van der Waals surface area contributed by atoms with Gasteiger partial charge in [-0.2, -0.15) is 0 Å². The minimum Gasteiger partial charge on any atom is -0.356 e. The number of nitrogens with two attached hydrogens (primary N) is 1. The van der Waals surface area contributed by atoms with Gasteiger partial charge in [0.15, 0.2) is 0 Å². The molecule has 3 heteroatoms. The van der Waals surface area contributed by atoms with Crippen LogP contribution in [0.25, 0.3) is 0 Å². The fourth-order valence-corrected chi connectivity index (χ4v) is 1.60. The maximum atomic E-state index is 11.6. The summed E-state index contributed by atoms with van der Waals surface area (Å²) in [5.41, 5.74) is 9.16. The number of amides is 1. The fourth-order valence-electron chi connectivity index (χ4n) is 1.60. The largest absolute Gasteiger partial charge is 0.356 e. The van der Waals surface area contributed by atoms with Gasteiger partial charge in [0, 0.05) is 12.6 Å². The highest BCUT2D eigenvalue weighted by Crippen LogP contribution is 2.10. The summed E-state index contributed by atoms with van der Waals surface area (Å²) in [6, 6.07) is 6.27. The normalized spacial score (nSPS) is 12.2. The lowest BCUT2D eigenvalue weighted by Gasteiger charge is -2.08. The van der Waals surface area contributed by atoms with Crippen molar-refractivity contribution in [2.24, 2.45) is 5.73 Å². The van der Waals surface area contributed by atoms with Gasteiger partial charge in [-0.25, -0.2) is 0 Å². The van der Waals surface area contributed by atoms with Crippen LogP contribution in [0.1, 0.15) is 30.0 Å². The first-order chi connectivity index (χ1) is 7.99. The Bertz CT molecular complexity index is 386. The van der Waals surface area contributed by atoms with Crippen LogP contribution in [0, 0.1) is 13.8 Å². The predicted molar refractivity (Wildman–Crippen MR) is 70.9 cm³/mol. The Morgan fingerprint density at radius 3 is 2.65 bits per heavy atom. The van der Waals surface area contributed by atoms with Crippen LogP contribution in [-0.4, -0.2) is 18.5 Å². The van der Waals surface area contributed by atoms with E-state index in [4.69, 9.17) is 5.73 Å². The van der Waals surface area contributed by atoms with E-state index in [2.05, 4.69) is 31.3 Å². The lowest BCUT2D eigenvalue weighted by Crippen LogP contribution is -2.30. The molecule has 0 aliphatic rings. The maximum absolute atomic E-state index is 11.6. The number of carbonyl (C=O) groups is 1. The average molecular weight is 234 g/mol. The van der Waals surface area contributed by atoms with Gasteiger partial charge in [0.1, 0.15) is 0 Å². The summed E-state index contributed by atoms with van der Waals surface area (Å²) in [6.07, 6.45) is 1.26. The fraction of sp³-hybridized carbons (Fsp3) is 0.500. The van der Waals surface area contributed by atoms with Gasteiger partial charge in [0.2, 0.25) is 5.91 Å². The molecule has 1 aromatic carbocycles. The van der Waals surface area contributed by atoms with E-state index >= 15 is 0 Å². The summed E-state index contributed by atoms with van der Waals surface area (Å²) in [4.78, 5) is 11.6. The highest BCUT2D eigenvalue weighted by Gasteiger charge is 2.04. The Kier molecular flexibility index (Phi) is 5.16. The third-order valence-corrected chi connectivity index (χ3v) is 2.86. The summed E-state index contributed by atoms with van der Waals surface area (Å²) in [7, 11) is 0. The van der Waals surface area contributed by atoms with Crippen LogP contribution in [0.5, 0.6) is 0 Å². The van der Waals surface area contributed by atoms with E-state index < -0.39 is 0 Å². The molecule has 17 heavy (non-hydrogen) atoms. The predicted octanol–water partition coefficient (Wildman–Crippen LogP) is 1.70. The van der Waals surface area contributed by atoms with Crippen molar-refractivity contribution < 1.29 is 4.79 Å². The Morgan fingerprint density at radius 1 is 1.35 bits per heavy atom. The molecule has 94 valence electrons. The number of aryl methyl sites for hydroxylation is 2. The molecule has 0 heterocycles. The second kappa shape index (κ2) is 6.40. The molecule has 0 bridgehead atoms. The third-order valence-electron chi connectivity index (χ3n) is 2.86. The molecule has 1 amide bonds. The van der Waals surface area contributed by atoms with Gasteiger partial charge in [0.25, 0.3) is 0 Å². The standard InChI is InChI=1S/C14H22N2O/c1-10-4-5-13(8-11(10)2)9-14(17)16-7-6-12(3)15/h4-5,8,12H,6-7,9,15H2,1-3H3,(H,16,17). The topological polar surface area (TPSA) is 55.1 Å². The molecular weight excluding hydrogens is 212 g/mol. The summed E-state index contributed by atoms with van der Waals surface area (Å²) >= 11 is 0. The average Bonchev–Trinajstić information content (AvgIpc) is 2.23. The molecule has 0 fully saturated rings. The number of benzene rings is 1. The molecule has 1 rings (SSSR count). The molecule has 1 atom stereocenters. The van der Waals surface area contributed by atoms with Crippen LogP contribution in [0.3, 0.4) is 0 Å². The molecule has 0 radical (unpaired) electrons. The zero-order chi connectivity index (χ0) is 12.8. The third kappa shape index (κ3) is 5.00. The number of rotatable bonds is 5. The van der Waals surface area contributed by atoms with Gasteiger partial charge in [-0.05, 0) is 43.9 Å². The second-order valence-electron chi connectivity index (χ2n) is 4.71. The van der Waals surface area contributed by atoms with E-state index in [1.807, 2.05) is 13.0 Å². The molecule has 1 unspecified atom stereocenters. The molecule has 0 aromatic heterocycles. The summed E-state index contributed by atoms with van der Waals surface area (Å²) in [6.45, 7) is 6.73. The van der Waals surface area contributed by atoms with Crippen LogP contribution < -0.4 is 11.1 Å². The van der Waals surface area contributed by atoms with Crippen LogP contribution in [0.2, 0.25) is 0 Å². The van der Waals surface area contributed by atoms with Crippen molar-refractivity contribution in [3.05, 3.63) is 34.9 Å². The molecule has 0 saturated carbocycles. The van der Waals surface area contributed by atoms with Crippen molar-refractivity contribution in [3.63, 3.8) is 0 Å². The number of nitrogens with one attached hydrogen (secondary N) is 1. The Hall–Kier alpha value is -1.35. The van der Waals surface area contributed by atoms with Gasteiger partial charge >= 0.3 is 0 Å². The quantitative estimate of drug-likeness (QED) is 0.814. The first-order valence-electron chi connectivity index (χ1n) is 6.07. The molecule has 1 aromatic rings. The van der Waals surface area contributed by atoms with Gasteiger partial charge in [0.05, 0.1) is 6.42 Å². The Morgan fingerprint density at radius 2 is 2.06 bits per heavy atom. The number of carbonyl (C=O) groups excluding carboxylic acids is 1. The van der Waals surface area contributed by atoms with E-state index in [0.29, 0.717) is 13.0 Å². The lowest BCUT2D eigenvalue weighted by molar-refractivity contribution is -0.120. The van der Waals surface area contributed by atoms with Gasteiger partial charge < -0.3 is 11.1 Å². The van der Waals surface area contributed by atoms with Gasteiger partial charge in [-0.3, -0.25) is 4.79 Å². The summed E-state index contributed by atoms with van der Waals surface area (Å²) in [5.74, 6) is 0.0638. The van der Waals surface area contributed by atoms with Crippen LogP contribution in [0.4, 0.5) is 0 Å². The minimum absolute atomic E-state index is 0.0638. The first kappa shape index (κ1) is 13.7. The first-order valence-corrected chi connectivity index (χ1v) is 6.07.